The second-order valence-corrected chi connectivity index (χ2v) is 8.02. The summed E-state index contributed by atoms with van der Waals surface area (Å²) in [5.41, 5.74) is 0.613. The van der Waals surface area contributed by atoms with Crippen LogP contribution in [0.25, 0.3) is 17.0 Å². The summed E-state index contributed by atoms with van der Waals surface area (Å²) in [5.74, 6) is -0.0229. The number of amides is 1. The third-order valence-electron chi connectivity index (χ3n) is 4.70. The summed E-state index contributed by atoms with van der Waals surface area (Å²) in [7, 11) is 1.66. The summed E-state index contributed by atoms with van der Waals surface area (Å²) in [6.07, 6.45) is 7.12. The molecular formula is C18H17F2IN4O3. The molecule has 4 heterocycles. The van der Waals surface area contributed by atoms with E-state index in [2.05, 4.69) is 9.97 Å². The van der Waals surface area contributed by atoms with E-state index in [0.29, 0.717) is 30.1 Å². The lowest BCUT2D eigenvalue weighted by Gasteiger charge is -2.20. The first-order valence-corrected chi connectivity index (χ1v) is 9.76. The van der Waals surface area contributed by atoms with Crippen molar-refractivity contribution in [1.29, 1.82) is 0 Å². The first kappa shape index (κ1) is 19.2. The number of hydrogen-bond acceptors (Lipinski definition) is 5. The molecule has 1 aliphatic heterocycles. The number of nitrogens with zero attached hydrogens (tertiary/aromatic N) is 4. The van der Waals surface area contributed by atoms with Crippen LogP contribution >= 0.6 is 22.6 Å². The molecule has 0 bridgehead atoms. The van der Waals surface area contributed by atoms with E-state index in [1.165, 1.54) is 40.4 Å². The fourth-order valence-electron chi connectivity index (χ4n) is 3.30. The zero-order valence-electron chi connectivity index (χ0n) is 14.9. The van der Waals surface area contributed by atoms with Gasteiger partial charge in [-0.2, -0.15) is 8.78 Å². The molecule has 1 unspecified atom stereocenters. The smallest absolute Gasteiger partial charge is 0.323 e. The minimum atomic E-state index is -3.13. The molecule has 3 aromatic heterocycles. The maximum atomic E-state index is 14.1. The largest absolute Gasteiger partial charge is 0.443 e. The maximum Gasteiger partial charge on any atom is 0.323 e. The summed E-state index contributed by atoms with van der Waals surface area (Å²) in [5, 5.41) is 0. The number of ether oxygens (including phenoxy) is 1. The summed E-state index contributed by atoms with van der Waals surface area (Å²) in [6.45, 7) is 1.13. The van der Waals surface area contributed by atoms with Gasteiger partial charge in [-0.1, -0.05) is 0 Å². The first-order valence-electron chi connectivity index (χ1n) is 8.69. The molecule has 4 rings (SSSR count). The van der Waals surface area contributed by atoms with E-state index in [9.17, 15) is 13.6 Å². The molecular weight excluding hydrogens is 485 g/mol. The molecule has 1 amide bonds. The van der Waals surface area contributed by atoms with Crippen molar-refractivity contribution in [2.45, 2.75) is 22.9 Å². The average Bonchev–Trinajstić information content (AvgIpc) is 3.40. The number of rotatable bonds is 5. The number of halogens is 3. The SMILES string of the molecule is CN(CC1CCCO1)C(=O)c1cnc2c(-c3cnco3)cc(C(F)(F)I)cn12. The van der Waals surface area contributed by atoms with Crippen LogP contribution in [0.2, 0.25) is 0 Å². The Kier molecular flexibility index (Phi) is 5.08. The molecule has 0 spiro atoms. The van der Waals surface area contributed by atoms with Gasteiger partial charge in [0, 0.05) is 54.6 Å². The topological polar surface area (TPSA) is 72.9 Å². The Bertz CT molecular complexity index is 994. The molecule has 1 aliphatic rings. The Labute approximate surface area is 172 Å². The normalized spacial score (nSPS) is 17.4. The lowest BCUT2D eigenvalue weighted by Crippen LogP contribution is -2.34. The number of imidazole rings is 1. The quantitative estimate of drug-likeness (QED) is 0.393. The van der Waals surface area contributed by atoms with E-state index in [-0.39, 0.29) is 23.3 Å². The highest BCUT2D eigenvalue weighted by molar-refractivity contribution is 14.1. The van der Waals surface area contributed by atoms with Crippen LogP contribution in [0.15, 0.2) is 35.5 Å². The van der Waals surface area contributed by atoms with Crippen LogP contribution in [0, 0.1) is 0 Å². The Morgan fingerprint density at radius 2 is 2.29 bits per heavy atom. The van der Waals surface area contributed by atoms with Crippen molar-refractivity contribution < 1.29 is 22.7 Å². The van der Waals surface area contributed by atoms with Crippen molar-refractivity contribution in [3.8, 4) is 11.3 Å². The van der Waals surface area contributed by atoms with E-state index in [1.807, 2.05) is 0 Å². The zero-order chi connectivity index (χ0) is 19.9. The number of alkyl halides is 3. The van der Waals surface area contributed by atoms with Gasteiger partial charge in [0.15, 0.2) is 12.2 Å². The number of carbonyl (C=O) groups excluding carboxylic acids is 1. The van der Waals surface area contributed by atoms with Gasteiger partial charge >= 0.3 is 3.93 Å². The van der Waals surface area contributed by atoms with E-state index in [1.54, 1.807) is 7.05 Å². The molecule has 0 radical (unpaired) electrons. The van der Waals surface area contributed by atoms with Gasteiger partial charge in [-0.15, -0.1) is 0 Å². The molecule has 0 aliphatic carbocycles. The molecule has 0 aromatic carbocycles. The Hall–Kier alpha value is -2.08. The molecule has 1 atom stereocenters. The standard InChI is InChI=1S/C18H17F2IN4O3/c1-24(9-12-3-2-4-27-12)17(26)14-6-23-16-13(15-7-22-10-28-15)5-11(8-25(14)16)18(19,20)21/h5-8,10,12H,2-4,9H2,1H3. The fourth-order valence-corrected chi connectivity index (χ4v) is 3.60. The number of fused-ring (bicyclic) bond motifs is 1. The van der Waals surface area contributed by atoms with Gasteiger partial charge in [0.2, 0.25) is 0 Å². The number of oxazole rings is 1. The monoisotopic (exact) mass is 502 g/mol. The Balaban J connectivity index is 1.77. The second kappa shape index (κ2) is 7.39. The number of pyridine rings is 1. The van der Waals surface area contributed by atoms with Crippen molar-refractivity contribution in [2.24, 2.45) is 0 Å². The number of carbonyl (C=O) groups is 1. The predicted molar refractivity (Wildman–Crippen MR) is 105 cm³/mol. The summed E-state index contributed by atoms with van der Waals surface area (Å²) in [6, 6.07) is 1.31. The summed E-state index contributed by atoms with van der Waals surface area (Å²) < 4.78 is 37.2. The van der Waals surface area contributed by atoms with Gasteiger partial charge in [-0.3, -0.25) is 9.20 Å². The first-order chi connectivity index (χ1) is 13.3. The van der Waals surface area contributed by atoms with Crippen LogP contribution in [0.1, 0.15) is 28.9 Å². The van der Waals surface area contributed by atoms with Gasteiger partial charge in [-0.05, 0) is 18.9 Å². The van der Waals surface area contributed by atoms with Gasteiger partial charge in [0.1, 0.15) is 11.3 Å². The molecule has 148 valence electrons. The Morgan fingerprint density at radius 3 is 2.93 bits per heavy atom. The fraction of sp³-hybridized carbons (Fsp3) is 0.389. The number of aromatic nitrogens is 3. The minimum Gasteiger partial charge on any atom is -0.443 e. The van der Waals surface area contributed by atoms with Crippen LogP contribution < -0.4 is 0 Å². The molecule has 0 saturated carbocycles. The van der Waals surface area contributed by atoms with Crippen LogP contribution in [0.4, 0.5) is 8.78 Å². The highest BCUT2D eigenvalue weighted by atomic mass is 127. The molecule has 0 N–H and O–H groups in total. The summed E-state index contributed by atoms with van der Waals surface area (Å²) in [4.78, 5) is 22.6. The molecule has 1 fully saturated rings. The lowest BCUT2D eigenvalue weighted by atomic mass is 10.1. The third kappa shape index (κ3) is 3.62. The molecule has 3 aromatic rings. The summed E-state index contributed by atoms with van der Waals surface area (Å²) >= 11 is 1.06. The van der Waals surface area contributed by atoms with E-state index in [4.69, 9.17) is 9.15 Å². The van der Waals surface area contributed by atoms with Gasteiger partial charge in [-0.25, -0.2) is 9.97 Å². The molecule has 7 nitrogen and oxygen atoms in total. The van der Waals surface area contributed by atoms with Crippen molar-refractivity contribution in [1.82, 2.24) is 19.3 Å². The van der Waals surface area contributed by atoms with Crippen molar-refractivity contribution in [2.75, 3.05) is 20.2 Å². The number of hydrogen-bond donors (Lipinski definition) is 0. The zero-order valence-corrected chi connectivity index (χ0v) is 17.1. The highest BCUT2D eigenvalue weighted by Crippen LogP contribution is 2.38. The second-order valence-electron chi connectivity index (χ2n) is 6.66. The van der Waals surface area contributed by atoms with Gasteiger partial charge < -0.3 is 14.1 Å². The molecule has 28 heavy (non-hydrogen) atoms. The van der Waals surface area contributed by atoms with Crippen molar-refractivity contribution in [3.05, 3.63) is 42.3 Å². The van der Waals surface area contributed by atoms with Crippen LogP contribution in [-0.4, -0.2) is 51.5 Å². The van der Waals surface area contributed by atoms with Crippen LogP contribution in [0.5, 0.6) is 0 Å². The molecule has 10 heteroatoms. The average molecular weight is 502 g/mol. The van der Waals surface area contributed by atoms with E-state index < -0.39 is 3.93 Å². The lowest BCUT2D eigenvalue weighted by molar-refractivity contribution is 0.0581. The minimum absolute atomic E-state index is 0.00729. The predicted octanol–water partition coefficient (Wildman–Crippen LogP) is 3.72. The van der Waals surface area contributed by atoms with Crippen LogP contribution in [-0.2, 0) is 8.67 Å². The Morgan fingerprint density at radius 1 is 1.46 bits per heavy atom. The number of likely N-dealkylation sites (N-methyl/N-ethyl adjacent to an activating group) is 1. The van der Waals surface area contributed by atoms with Crippen molar-refractivity contribution >= 4 is 34.1 Å². The van der Waals surface area contributed by atoms with Gasteiger partial charge in [0.25, 0.3) is 5.91 Å². The maximum absolute atomic E-state index is 14.1. The third-order valence-corrected chi connectivity index (χ3v) is 5.32. The molecule has 1 saturated heterocycles. The highest BCUT2D eigenvalue weighted by Gasteiger charge is 2.31. The van der Waals surface area contributed by atoms with E-state index >= 15 is 0 Å². The van der Waals surface area contributed by atoms with Crippen molar-refractivity contribution in [3.63, 3.8) is 0 Å². The van der Waals surface area contributed by atoms with E-state index in [0.717, 1.165) is 35.4 Å². The van der Waals surface area contributed by atoms with Gasteiger partial charge in [0.05, 0.1) is 24.1 Å². The van der Waals surface area contributed by atoms with Crippen LogP contribution in [0.3, 0.4) is 0 Å².